The molecule has 0 fully saturated rings. The Balaban J connectivity index is 1.64. The maximum atomic E-state index is 12.1. The first-order chi connectivity index (χ1) is 11.7. The van der Waals surface area contributed by atoms with Crippen LogP contribution in [0.3, 0.4) is 0 Å². The highest BCUT2D eigenvalue weighted by molar-refractivity contribution is 5.98. The molecule has 0 atom stereocenters. The van der Waals surface area contributed by atoms with Gasteiger partial charge in [-0.25, -0.2) is 4.79 Å². The normalized spacial score (nSPS) is 10.6. The van der Waals surface area contributed by atoms with Crippen molar-refractivity contribution in [2.75, 3.05) is 10.6 Å². The molecule has 0 aliphatic rings. The van der Waals surface area contributed by atoms with Crippen LogP contribution in [0, 0.1) is 0 Å². The van der Waals surface area contributed by atoms with Crippen LogP contribution in [0.15, 0.2) is 36.7 Å². The van der Waals surface area contributed by atoms with Gasteiger partial charge < -0.3 is 0 Å². The number of anilines is 2. The van der Waals surface area contributed by atoms with Gasteiger partial charge >= 0.3 is 6.03 Å². The average molecular weight is 325 g/mol. The molecule has 0 radical (unpaired) electrons. The summed E-state index contributed by atoms with van der Waals surface area (Å²) in [4.78, 5) is 16.2. The van der Waals surface area contributed by atoms with Crippen molar-refractivity contribution in [3.63, 3.8) is 0 Å². The molecule has 0 bridgehead atoms. The number of hydrogen-bond donors (Lipinski definition) is 3. The van der Waals surface area contributed by atoms with Crippen LogP contribution in [-0.4, -0.2) is 31.0 Å². The quantitative estimate of drug-likeness (QED) is 0.671. The third kappa shape index (κ3) is 3.60. The van der Waals surface area contributed by atoms with E-state index in [2.05, 4.69) is 37.8 Å². The molecule has 3 rings (SSSR count). The average Bonchev–Trinajstić information content (AvgIpc) is 3.16. The number of hydrogen-bond acceptors (Lipinski definition) is 4. The molecule has 24 heavy (non-hydrogen) atoms. The monoisotopic (exact) mass is 325 g/mol. The number of rotatable bonds is 5. The lowest BCUT2D eigenvalue weighted by Gasteiger charge is -2.04. The summed E-state index contributed by atoms with van der Waals surface area (Å²) in [6.07, 6.45) is 5.31. The van der Waals surface area contributed by atoms with Crippen LogP contribution in [0.2, 0.25) is 0 Å². The van der Waals surface area contributed by atoms with Crippen molar-refractivity contribution in [1.82, 2.24) is 25.0 Å². The molecule has 0 unspecified atom stereocenters. The largest absolute Gasteiger partial charge is 0.326 e. The van der Waals surface area contributed by atoms with Gasteiger partial charge in [0.1, 0.15) is 5.82 Å². The van der Waals surface area contributed by atoms with Crippen LogP contribution in [0.1, 0.15) is 19.0 Å². The Bertz CT molecular complexity index is 822. The number of H-pyrrole nitrogens is 1. The number of nitrogens with one attached hydrogen (secondary N) is 3. The van der Waals surface area contributed by atoms with E-state index in [0.717, 1.165) is 29.8 Å². The molecule has 0 aliphatic heterocycles. The second-order valence-corrected chi connectivity index (χ2v) is 5.38. The summed E-state index contributed by atoms with van der Waals surface area (Å²) in [5.74, 6) is 1.07. The summed E-state index contributed by atoms with van der Waals surface area (Å²) in [5, 5.41) is 16.8. The van der Waals surface area contributed by atoms with Crippen molar-refractivity contribution >= 4 is 17.7 Å². The summed E-state index contributed by atoms with van der Waals surface area (Å²) in [6.45, 7) is 2.09. The lowest BCUT2D eigenvalue weighted by Crippen LogP contribution is -2.21. The Kier molecular flexibility index (Phi) is 4.55. The molecule has 0 aliphatic carbocycles. The number of aromatic amines is 1. The van der Waals surface area contributed by atoms with Crippen LogP contribution < -0.4 is 10.6 Å². The molecule has 124 valence electrons. The fourth-order valence-electron chi connectivity index (χ4n) is 2.34. The predicted octanol–water partition coefficient (Wildman–Crippen LogP) is 2.80. The van der Waals surface area contributed by atoms with Crippen LogP contribution >= 0.6 is 0 Å². The summed E-state index contributed by atoms with van der Waals surface area (Å²) in [6, 6.07) is 7.00. The minimum atomic E-state index is -0.370. The standard InChI is InChI=1S/C16H19N7O/c1-3-5-12-8-15(23(2)22-12)19-16(24)18-14-9-13(20-21-14)11-6-4-7-17-10-11/h4,6-10H,3,5H2,1-2H3,(H3,18,19,20,21,24). The molecule has 3 heterocycles. The fourth-order valence-corrected chi connectivity index (χ4v) is 2.34. The van der Waals surface area contributed by atoms with Gasteiger partial charge in [0.25, 0.3) is 0 Å². The third-order valence-corrected chi connectivity index (χ3v) is 3.47. The van der Waals surface area contributed by atoms with Gasteiger partial charge in [0, 0.05) is 37.1 Å². The number of aryl methyl sites for hydroxylation is 2. The van der Waals surface area contributed by atoms with Gasteiger partial charge in [-0.15, -0.1) is 0 Å². The SMILES string of the molecule is CCCc1cc(NC(=O)Nc2cc(-c3cccnc3)[nH]n2)n(C)n1. The fraction of sp³-hybridized carbons (Fsp3) is 0.250. The molecule has 0 spiro atoms. The molecule has 3 aromatic rings. The molecular formula is C16H19N7O. The van der Waals surface area contributed by atoms with Gasteiger partial charge in [-0.1, -0.05) is 13.3 Å². The number of carbonyl (C=O) groups is 1. The van der Waals surface area contributed by atoms with Crippen molar-refractivity contribution in [2.24, 2.45) is 7.05 Å². The molecule has 2 amide bonds. The van der Waals surface area contributed by atoms with E-state index < -0.39 is 0 Å². The minimum absolute atomic E-state index is 0.370. The minimum Gasteiger partial charge on any atom is -0.292 e. The third-order valence-electron chi connectivity index (χ3n) is 3.47. The van der Waals surface area contributed by atoms with Crippen LogP contribution in [-0.2, 0) is 13.5 Å². The Morgan fingerprint density at radius 1 is 1.33 bits per heavy atom. The topological polar surface area (TPSA) is 101 Å². The van der Waals surface area contributed by atoms with Crippen molar-refractivity contribution in [3.05, 3.63) is 42.4 Å². The van der Waals surface area contributed by atoms with E-state index in [1.165, 1.54) is 0 Å². The molecule has 3 N–H and O–H groups in total. The zero-order chi connectivity index (χ0) is 16.9. The van der Waals surface area contributed by atoms with Gasteiger partial charge in [-0.05, 0) is 18.6 Å². The van der Waals surface area contributed by atoms with Crippen LogP contribution in [0.4, 0.5) is 16.4 Å². The number of aromatic nitrogens is 5. The summed E-state index contributed by atoms with van der Waals surface area (Å²) >= 11 is 0. The highest BCUT2D eigenvalue weighted by Gasteiger charge is 2.10. The smallest absolute Gasteiger partial charge is 0.292 e. The van der Waals surface area contributed by atoms with Crippen LogP contribution in [0.25, 0.3) is 11.3 Å². The van der Waals surface area contributed by atoms with Crippen molar-refractivity contribution in [3.8, 4) is 11.3 Å². The van der Waals surface area contributed by atoms with E-state index in [0.29, 0.717) is 11.6 Å². The van der Waals surface area contributed by atoms with E-state index in [-0.39, 0.29) is 6.03 Å². The number of amides is 2. The van der Waals surface area contributed by atoms with E-state index in [4.69, 9.17) is 0 Å². The Labute approximate surface area is 139 Å². The highest BCUT2D eigenvalue weighted by atomic mass is 16.2. The second-order valence-electron chi connectivity index (χ2n) is 5.38. The zero-order valence-corrected chi connectivity index (χ0v) is 13.6. The first kappa shape index (κ1) is 15.7. The lowest BCUT2D eigenvalue weighted by atomic mass is 10.2. The number of urea groups is 1. The molecule has 0 saturated heterocycles. The van der Waals surface area contributed by atoms with E-state index in [1.807, 2.05) is 18.2 Å². The Hall–Kier alpha value is -3.16. The Morgan fingerprint density at radius 2 is 2.21 bits per heavy atom. The van der Waals surface area contributed by atoms with Gasteiger partial charge in [-0.3, -0.25) is 25.4 Å². The summed E-state index contributed by atoms with van der Waals surface area (Å²) in [7, 11) is 1.80. The van der Waals surface area contributed by atoms with Crippen molar-refractivity contribution in [2.45, 2.75) is 19.8 Å². The van der Waals surface area contributed by atoms with Crippen LogP contribution in [0.5, 0.6) is 0 Å². The maximum Gasteiger partial charge on any atom is 0.326 e. The number of nitrogens with zero attached hydrogens (tertiary/aromatic N) is 4. The van der Waals surface area contributed by atoms with Gasteiger partial charge in [0.2, 0.25) is 0 Å². The highest BCUT2D eigenvalue weighted by Crippen LogP contribution is 2.18. The Morgan fingerprint density at radius 3 is 2.96 bits per heavy atom. The summed E-state index contributed by atoms with van der Waals surface area (Å²) < 4.78 is 1.65. The molecule has 3 aromatic heterocycles. The van der Waals surface area contributed by atoms with E-state index in [1.54, 1.807) is 30.2 Å². The first-order valence-electron chi connectivity index (χ1n) is 7.72. The molecular weight excluding hydrogens is 306 g/mol. The predicted molar refractivity (Wildman–Crippen MR) is 91.7 cm³/mol. The van der Waals surface area contributed by atoms with Gasteiger partial charge in [0.05, 0.1) is 11.4 Å². The van der Waals surface area contributed by atoms with E-state index >= 15 is 0 Å². The molecule has 0 aromatic carbocycles. The molecule has 0 saturated carbocycles. The van der Waals surface area contributed by atoms with Crippen molar-refractivity contribution in [1.29, 1.82) is 0 Å². The van der Waals surface area contributed by atoms with Crippen molar-refractivity contribution < 1.29 is 4.79 Å². The van der Waals surface area contributed by atoms with Gasteiger partial charge in [-0.2, -0.15) is 10.2 Å². The number of pyridine rings is 1. The first-order valence-corrected chi connectivity index (χ1v) is 7.72. The maximum absolute atomic E-state index is 12.1. The van der Waals surface area contributed by atoms with Gasteiger partial charge in [0.15, 0.2) is 5.82 Å². The molecule has 8 heteroatoms. The lowest BCUT2D eigenvalue weighted by molar-refractivity contribution is 0.262. The second kappa shape index (κ2) is 6.95. The number of carbonyl (C=O) groups excluding carboxylic acids is 1. The molecule has 8 nitrogen and oxygen atoms in total. The van der Waals surface area contributed by atoms with E-state index in [9.17, 15) is 4.79 Å². The summed E-state index contributed by atoms with van der Waals surface area (Å²) in [5.41, 5.74) is 2.63. The zero-order valence-electron chi connectivity index (χ0n) is 13.6.